The van der Waals surface area contributed by atoms with Gasteiger partial charge >= 0.3 is 0 Å². The average molecular weight is 376 g/mol. The van der Waals surface area contributed by atoms with E-state index in [1.54, 1.807) is 25.1 Å². The first-order valence-corrected chi connectivity index (χ1v) is 8.63. The Morgan fingerprint density at radius 1 is 1.23 bits per heavy atom. The number of amides is 1. The Morgan fingerprint density at radius 3 is 2.65 bits per heavy atom. The van der Waals surface area contributed by atoms with Crippen molar-refractivity contribution in [1.82, 2.24) is 0 Å². The molecule has 0 heterocycles. The zero-order valence-electron chi connectivity index (χ0n) is 14.7. The zero-order valence-corrected chi connectivity index (χ0v) is 15.5. The third kappa shape index (κ3) is 5.67. The van der Waals surface area contributed by atoms with Crippen molar-refractivity contribution in [2.45, 2.75) is 26.4 Å². The van der Waals surface area contributed by atoms with Crippen LogP contribution < -0.4 is 15.8 Å². The standard InChI is InChI=1S/C19H22ClN3O3/c1-3-25-17-11-7-6-10-16(17)22-19(24)13(2)26-23-18(21)12-14-8-4-5-9-15(14)20/h4-11,13H,3,12H2,1-2H3,(H2,21,23)(H,22,24). The number of benzene rings is 2. The summed E-state index contributed by atoms with van der Waals surface area (Å²) in [5.41, 5.74) is 7.26. The highest BCUT2D eigenvalue weighted by atomic mass is 35.5. The van der Waals surface area contributed by atoms with Crippen LogP contribution in [0.4, 0.5) is 5.69 Å². The van der Waals surface area contributed by atoms with Crippen LogP contribution in [0, 0.1) is 0 Å². The molecule has 2 aromatic rings. The minimum absolute atomic E-state index is 0.229. The normalized spacial score (nSPS) is 12.3. The van der Waals surface area contributed by atoms with Gasteiger partial charge in [0.25, 0.3) is 5.91 Å². The number of rotatable bonds is 8. The maximum Gasteiger partial charge on any atom is 0.268 e. The van der Waals surface area contributed by atoms with Crippen molar-refractivity contribution in [1.29, 1.82) is 0 Å². The van der Waals surface area contributed by atoms with Crippen molar-refractivity contribution in [3.63, 3.8) is 0 Å². The number of carbonyl (C=O) groups is 1. The highest BCUT2D eigenvalue weighted by molar-refractivity contribution is 6.31. The molecule has 0 fully saturated rings. The first kappa shape index (κ1) is 19.6. The molecule has 6 nitrogen and oxygen atoms in total. The zero-order chi connectivity index (χ0) is 18.9. The van der Waals surface area contributed by atoms with Gasteiger partial charge in [-0.3, -0.25) is 4.79 Å². The average Bonchev–Trinajstić information content (AvgIpc) is 2.63. The van der Waals surface area contributed by atoms with E-state index < -0.39 is 6.10 Å². The van der Waals surface area contributed by atoms with Crippen molar-refractivity contribution < 1.29 is 14.4 Å². The fourth-order valence-corrected chi connectivity index (χ4v) is 2.35. The van der Waals surface area contributed by atoms with Gasteiger partial charge in [-0.25, -0.2) is 0 Å². The number of anilines is 1. The molecule has 0 aliphatic heterocycles. The summed E-state index contributed by atoms with van der Waals surface area (Å²) < 4.78 is 5.48. The van der Waals surface area contributed by atoms with Gasteiger partial charge in [-0.1, -0.05) is 47.1 Å². The Hall–Kier alpha value is -2.73. The van der Waals surface area contributed by atoms with E-state index in [2.05, 4.69) is 10.5 Å². The van der Waals surface area contributed by atoms with Crippen LogP contribution in [0.25, 0.3) is 0 Å². The summed E-state index contributed by atoms with van der Waals surface area (Å²) in [7, 11) is 0. The van der Waals surface area contributed by atoms with Gasteiger partial charge in [-0.05, 0) is 37.6 Å². The lowest BCUT2D eigenvalue weighted by Gasteiger charge is -2.14. The minimum atomic E-state index is -0.825. The molecule has 0 aliphatic rings. The maximum atomic E-state index is 12.3. The Balaban J connectivity index is 1.93. The quantitative estimate of drug-likeness (QED) is 0.419. The lowest BCUT2D eigenvalue weighted by Crippen LogP contribution is -2.28. The molecular formula is C19H22ClN3O3. The fraction of sp³-hybridized carbons (Fsp3) is 0.263. The van der Waals surface area contributed by atoms with Crippen molar-refractivity contribution in [2.24, 2.45) is 10.9 Å². The molecule has 0 spiro atoms. The summed E-state index contributed by atoms with van der Waals surface area (Å²) in [6.07, 6.45) is -0.490. The van der Waals surface area contributed by atoms with Crippen LogP contribution >= 0.6 is 11.6 Å². The molecule has 2 aromatic carbocycles. The molecule has 138 valence electrons. The SMILES string of the molecule is CCOc1ccccc1NC(=O)C(C)O/N=C(/N)Cc1ccccc1Cl. The number of halogens is 1. The monoisotopic (exact) mass is 375 g/mol. The van der Waals surface area contributed by atoms with Gasteiger partial charge in [0.1, 0.15) is 11.6 Å². The topological polar surface area (TPSA) is 85.9 Å². The Labute approximate surface area is 157 Å². The summed E-state index contributed by atoms with van der Waals surface area (Å²) in [6, 6.07) is 14.5. The predicted octanol–water partition coefficient (Wildman–Crippen LogP) is 3.60. The first-order chi connectivity index (χ1) is 12.5. The number of para-hydroxylation sites is 2. The molecule has 1 atom stereocenters. The Morgan fingerprint density at radius 2 is 1.92 bits per heavy atom. The summed E-state index contributed by atoms with van der Waals surface area (Å²) in [4.78, 5) is 17.5. The van der Waals surface area contributed by atoms with Crippen LogP contribution in [-0.2, 0) is 16.1 Å². The van der Waals surface area contributed by atoms with Gasteiger partial charge in [0.05, 0.1) is 12.3 Å². The number of oxime groups is 1. The number of nitrogens with two attached hydrogens (primary N) is 1. The van der Waals surface area contributed by atoms with Crippen molar-refractivity contribution in [3.05, 3.63) is 59.1 Å². The van der Waals surface area contributed by atoms with Crippen LogP contribution in [0.2, 0.25) is 5.02 Å². The van der Waals surface area contributed by atoms with E-state index in [0.717, 1.165) is 5.56 Å². The number of carbonyl (C=O) groups excluding carboxylic acids is 1. The van der Waals surface area contributed by atoms with Gasteiger partial charge in [0.2, 0.25) is 6.10 Å². The third-order valence-corrected chi connectivity index (χ3v) is 3.84. The second kappa shape index (κ2) is 9.68. The van der Waals surface area contributed by atoms with Crippen LogP contribution in [0.1, 0.15) is 19.4 Å². The number of nitrogens with zero attached hydrogens (tertiary/aromatic N) is 1. The van der Waals surface area contributed by atoms with Crippen LogP contribution in [0.3, 0.4) is 0 Å². The van der Waals surface area contributed by atoms with Crippen LogP contribution in [0.15, 0.2) is 53.7 Å². The molecule has 7 heteroatoms. The molecule has 0 radical (unpaired) electrons. The van der Waals surface area contributed by atoms with E-state index >= 15 is 0 Å². The van der Waals surface area contributed by atoms with E-state index in [9.17, 15) is 4.79 Å². The molecule has 3 N–H and O–H groups in total. The number of nitrogens with one attached hydrogen (secondary N) is 1. The highest BCUT2D eigenvalue weighted by Gasteiger charge is 2.16. The number of hydrogen-bond donors (Lipinski definition) is 2. The summed E-state index contributed by atoms with van der Waals surface area (Å²) in [5.74, 6) is 0.469. The molecule has 0 saturated heterocycles. The molecule has 0 aromatic heterocycles. The summed E-state index contributed by atoms with van der Waals surface area (Å²) in [5, 5.41) is 7.18. The maximum absolute atomic E-state index is 12.3. The van der Waals surface area contributed by atoms with Crippen LogP contribution in [-0.4, -0.2) is 24.5 Å². The molecule has 0 bridgehead atoms. The van der Waals surface area contributed by atoms with Crippen molar-refractivity contribution >= 4 is 29.0 Å². The molecule has 0 aliphatic carbocycles. The molecule has 0 saturated carbocycles. The van der Waals surface area contributed by atoms with Gasteiger partial charge in [-0.15, -0.1) is 0 Å². The number of hydrogen-bond acceptors (Lipinski definition) is 4. The van der Waals surface area contributed by atoms with Gasteiger partial charge in [-0.2, -0.15) is 0 Å². The Kier molecular flexibility index (Phi) is 7.29. The van der Waals surface area contributed by atoms with E-state index in [-0.39, 0.29) is 11.7 Å². The van der Waals surface area contributed by atoms with Crippen LogP contribution in [0.5, 0.6) is 5.75 Å². The highest BCUT2D eigenvalue weighted by Crippen LogP contribution is 2.24. The van der Waals surface area contributed by atoms with Gasteiger partial charge in [0.15, 0.2) is 0 Å². The summed E-state index contributed by atoms with van der Waals surface area (Å²) >= 11 is 6.08. The fourth-order valence-electron chi connectivity index (χ4n) is 2.15. The second-order valence-corrected chi connectivity index (χ2v) is 5.92. The van der Waals surface area contributed by atoms with Crippen molar-refractivity contribution in [3.8, 4) is 5.75 Å². The largest absolute Gasteiger partial charge is 0.492 e. The third-order valence-electron chi connectivity index (χ3n) is 3.47. The van der Waals surface area contributed by atoms with E-state index in [0.29, 0.717) is 29.5 Å². The molecule has 26 heavy (non-hydrogen) atoms. The van der Waals surface area contributed by atoms with Gasteiger partial charge < -0.3 is 20.6 Å². The predicted molar refractivity (Wildman–Crippen MR) is 104 cm³/mol. The molecule has 2 rings (SSSR count). The smallest absolute Gasteiger partial charge is 0.268 e. The lowest BCUT2D eigenvalue weighted by molar-refractivity contribution is -0.126. The number of amidine groups is 1. The van der Waals surface area contributed by atoms with Crippen molar-refractivity contribution in [2.75, 3.05) is 11.9 Å². The second-order valence-electron chi connectivity index (χ2n) is 5.52. The molecular weight excluding hydrogens is 354 g/mol. The lowest BCUT2D eigenvalue weighted by atomic mass is 10.1. The van der Waals surface area contributed by atoms with Gasteiger partial charge in [0, 0.05) is 11.4 Å². The van der Waals surface area contributed by atoms with E-state index in [1.165, 1.54) is 0 Å². The Bertz CT molecular complexity index is 780. The molecule has 1 amide bonds. The minimum Gasteiger partial charge on any atom is -0.492 e. The summed E-state index contributed by atoms with van der Waals surface area (Å²) in [6.45, 7) is 3.97. The number of ether oxygens (including phenoxy) is 1. The van der Waals surface area contributed by atoms with E-state index in [4.69, 9.17) is 26.9 Å². The molecule has 1 unspecified atom stereocenters. The first-order valence-electron chi connectivity index (χ1n) is 8.25. The van der Waals surface area contributed by atoms with E-state index in [1.807, 2.05) is 37.3 Å².